The molecule has 7 rings (SSSR count). The van der Waals surface area contributed by atoms with Crippen molar-refractivity contribution in [1.82, 2.24) is 0 Å². The van der Waals surface area contributed by atoms with Crippen LogP contribution in [0.25, 0.3) is 0 Å². The molecule has 188 valence electrons. The maximum absolute atomic E-state index is 2.58. The van der Waals surface area contributed by atoms with Crippen molar-refractivity contribution in [2.75, 3.05) is 9.80 Å². The molecule has 3 heteroatoms. The molecule has 0 amide bonds. The molecule has 4 aliphatic rings. The second kappa shape index (κ2) is 8.66. The van der Waals surface area contributed by atoms with E-state index in [4.69, 9.17) is 0 Å². The van der Waals surface area contributed by atoms with Crippen LogP contribution in [0.1, 0.15) is 56.2 Å². The maximum Gasteiger partial charge on any atom is 0.251 e. The minimum atomic E-state index is 0.250. The van der Waals surface area contributed by atoms with E-state index < -0.39 is 0 Å². The highest BCUT2D eigenvalue weighted by molar-refractivity contribution is 6.95. The number of hydrogen-bond acceptors (Lipinski definition) is 2. The van der Waals surface area contributed by atoms with Crippen LogP contribution in [0.3, 0.4) is 0 Å². The van der Waals surface area contributed by atoms with Gasteiger partial charge in [0.2, 0.25) is 0 Å². The Labute approximate surface area is 227 Å². The number of allylic oxidation sites excluding steroid dienone is 8. The molecule has 0 spiro atoms. The molecular formula is C35H35BN2. The van der Waals surface area contributed by atoms with Gasteiger partial charge in [0, 0.05) is 34.1 Å². The van der Waals surface area contributed by atoms with Crippen molar-refractivity contribution >= 4 is 40.4 Å². The van der Waals surface area contributed by atoms with Gasteiger partial charge >= 0.3 is 0 Å². The molecule has 0 saturated heterocycles. The fourth-order valence-corrected chi connectivity index (χ4v) is 6.87. The number of rotatable bonds is 2. The van der Waals surface area contributed by atoms with E-state index in [9.17, 15) is 0 Å². The second-order valence-corrected chi connectivity index (χ2v) is 11.8. The van der Waals surface area contributed by atoms with Crippen LogP contribution >= 0.6 is 0 Å². The van der Waals surface area contributed by atoms with Crippen molar-refractivity contribution in [3.8, 4) is 0 Å². The number of anilines is 4. The molecule has 2 nitrogen and oxygen atoms in total. The van der Waals surface area contributed by atoms with E-state index in [1.807, 2.05) is 0 Å². The molecule has 2 aliphatic carbocycles. The molecule has 38 heavy (non-hydrogen) atoms. The predicted octanol–water partition coefficient (Wildman–Crippen LogP) is 7.98. The molecule has 0 atom stereocenters. The van der Waals surface area contributed by atoms with Gasteiger partial charge in [-0.1, -0.05) is 58.7 Å². The molecule has 0 saturated carbocycles. The zero-order valence-corrected chi connectivity index (χ0v) is 23.2. The summed E-state index contributed by atoms with van der Waals surface area (Å²) < 4.78 is 0. The summed E-state index contributed by atoms with van der Waals surface area (Å²) in [6, 6.07) is 21.1. The molecule has 2 heterocycles. The lowest BCUT2D eigenvalue weighted by Crippen LogP contribution is -2.56. The third-order valence-corrected chi connectivity index (χ3v) is 8.77. The molecule has 0 radical (unpaired) electrons. The summed E-state index contributed by atoms with van der Waals surface area (Å²) in [6.45, 7) is 11.5. The fraction of sp³-hybridized carbons (Fsp3) is 0.257. The molecule has 3 aromatic rings. The van der Waals surface area contributed by atoms with Gasteiger partial charge in [0.1, 0.15) is 0 Å². The second-order valence-electron chi connectivity index (χ2n) is 11.8. The Morgan fingerprint density at radius 2 is 1.32 bits per heavy atom. The van der Waals surface area contributed by atoms with Gasteiger partial charge in [0.05, 0.1) is 0 Å². The van der Waals surface area contributed by atoms with Gasteiger partial charge in [-0.3, -0.25) is 0 Å². The quantitative estimate of drug-likeness (QED) is 0.333. The zero-order valence-electron chi connectivity index (χ0n) is 23.2. The first-order valence-corrected chi connectivity index (χ1v) is 14.1. The highest BCUT2D eigenvalue weighted by Gasteiger charge is 2.44. The summed E-state index contributed by atoms with van der Waals surface area (Å²) in [5.41, 5.74) is 19.4. The minimum Gasteiger partial charge on any atom is -0.315 e. The third-order valence-electron chi connectivity index (χ3n) is 8.77. The SMILES string of the molecule is CC1=CC=C(N2c3ccc(C)cc3B3C4=C(CCC(C)=C4)N(c4ccc(C)cc4)c4cc(C)cc2c43)CC1. The fourth-order valence-electron chi connectivity index (χ4n) is 6.87. The summed E-state index contributed by atoms with van der Waals surface area (Å²) in [5, 5.41) is 0. The largest absolute Gasteiger partial charge is 0.315 e. The predicted molar refractivity (Wildman–Crippen MR) is 164 cm³/mol. The van der Waals surface area contributed by atoms with Gasteiger partial charge in [-0.2, -0.15) is 0 Å². The number of fused-ring (bicyclic) bond motifs is 3. The molecular weight excluding hydrogens is 459 g/mol. The van der Waals surface area contributed by atoms with Gasteiger partial charge in [-0.25, -0.2) is 0 Å². The molecule has 0 fully saturated rings. The lowest BCUT2D eigenvalue weighted by molar-refractivity contribution is 0.862. The molecule has 2 aliphatic heterocycles. The van der Waals surface area contributed by atoms with Crippen molar-refractivity contribution < 1.29 is 0 Å². The first-order valence-electron chi connectivity index (χ1n) is 14.1. The van der Waals surface area contributed by atoms with Crippen molar-refractivity contribution in [2.45, 2.75) is 60.3 Å². The maximum atomic E-state index is 2.58. The standard InChI is InChI=1S/C35H35BN2/c1-22-6-12-27(13-7-22)37-31-16-10-24(3)18-29(31)36-30-19-25(4)11-17-32(30)38(28-14-8-23(2)9-15-28)34-21-26(5)20-33(37)35(34)36/h6-8,11-14,17-21H,9-10,15-16H2,1-5H3. The van der Waals surface area contributed by atoms with Crippen LogP contribution in [0.4, 0.5) is 22.7 Å². The first kappa shape index (κ1) is 23.4. The highest BCUT2D eigenvalue weighted by Crippen LogP contribution is 2.46. The van der Waals surface area contributed by atoms with Crippen LogP contribution in [0.2, 0.25) is 0 Å². The minimum absolute atomic E-state index is 0.250. The van der Waals surface area contributed by atoms with Crippen LogP contribution in [-0.4, -0.2) is 6.71 Å². The van der Waals surface area contributed by atoms with Crippen LogP contribution in [-0.2, 0) is 0 Å². The van der Waals surface area contributed by atoms with E-state index in [2.05, 4.69) is 117 Å². The lowest BCUT2D eigenvalue weighted by Gasteiger charge is -2.46. The van der Waals surface area contributed by atoms with E-state index in [-0.39, 0.29) is 6.71 Å². The lowest BCUT2D eigenvalue weighted by atomic mass is 9.32. The Kier molecular flexibility index (Phi) is 5.34. The average molecular weight is 494 g/mol. The third kappa shape index (κ3) is 3.55. The van der Waals surface area contributed by atoms with Crippen molar-refractivity contribution in [2.24, 2.45) is 0 Å². The monoisotopic (exact) mass is 494 g/mol. The number of nitrogens with zero attached hydrogens (tertiary/aromatic N) is 2. The summed E-state index contributed by atoms with van der Waals surface area (Å²) in [7, 11) is 0. The summed E-state index contributed by atoms with van der Waals surface area (Å²) in [6.07, 6.45) is 11.6. The Morgan fingerprint density at radius 3 is 2.05 bits per heavy atom. The normalized spacial score (nSPS) is 17.9. The summed E-state index contributed by atoms with van der Waals surface area (Å²) in [5.74, 6) is 0. The molecule has 0 bridgehead atoms. The zero-order chi connectivity index (χ0) is 26.1. The highest BCUT2D eigenvalue weighted by atomic mass is 15.2. The molecule has 3 aromatic carbocycles. The first-order chi connectivity index (χ1) is 18.4. The van der Waals surface area contributed by atoms with E-state index in [0.717, 1.165) is 25.7 Å². The van der Waals surface area contributed by atoms with Crippen LogP contribution in [0, 0.1) is 20.8 Å². The van der Waals surface area contributed by atoms with Gasteiger partial charge < -0.3 is 9.80 Å². The summed E-state index contributed by atoms with van der Waals surface area (Å²) in [4.78, 5) is 5.16. The molecule has 0 N–H and O–H groups in total. The van der Waals surface area contributed by atoms with E-state index in [1.54, 1.807) is 0 Å². The van der Waals surface area contributed by atoms with Crippen molar-refractivity contribution in [3.05, 3.63) is 118 Å². The van der Waals surface area contributed by atoms with Gasteiger partial charge in [0.25, 0.3) is 6.71 Å². The van der Waals surface area contributed by atoms with Crippen LogP contribution < -0.4 is 20.7 Å². The van der Waals surface area contributed by atoms with Crippen LogP contribution in [0.15, 0.2) is 101 Å². The summed E-state index contributed by atoms with van der Waals surface area (Å²) >= 11 is 0. The Hall–Kier alpha value is -3.72. The van der Waals surface area contributed by atoms with E-state index in [0.29, 0.717) is 0 Å². The van der Waals surface area contributed by atoms with Gasteiger partial charge in [0.15, 0.2) is 0 Å². The molecule has 0 unspecified atom stereocenters. The number of benzene rings is 3. The topological polar surface area (TPSA) is 6.48 Å². The van der Waals surface area contributed by atoms with E-state index in [1.165, 1.54) is 78.4 Å². The van der Waals surface area contributed by atoms with Crippen molar-refractivity contribution in [1.29, 1.82) is 0 Å². The number of hydrogen-bond donors (Lipinski definition) is 0. The smallest absolute Gasteiger partial charge is 0.251 e. The Bertz CT molecular complexity index is 1620. The Morgan fingerprint density at radius 1 is 0.605 bits per heavy atom. The van der Waals surface area contributed by atoms with Gasteiger partial charge in [-0.15, -0.1) is 0 Å². The number of aryl methyl sites for hydroxylation is 3. The molecule has 0 aromatic heterocycles. The van der Waals surface area contributed by atoms with Crippen molar-refractivity contribution in [3.63, 3.8) is 0 Å². The Balaban J connectivity index is 1.57. The van der Waals surface area contributed by atoms with Crippen LogP contribution in [0.5, 0.6) is 0 Å². The average Bonchev–Trinajstić information content (AvgIpc) is 2.90. The van der Waals surface area contributed by atoms with Gasteiger partial charge in [-0.05, 0) is 119 Å². The van der Waals surface area contributed by atoms with E-state index >= 15 is 0 Å².